The van der Waals surface area contributed by atoms with E-state index >= 15 is 0 Å². The van der Waals surface area contributed by atoms with Crippen LogP contribution in [0.3, 0.4) is 0 Å². The van der Waals surface area contributed by atoms with E-state index < -0.39 is 18.0 Å². The van der Waals surface area contributed by atoms with E-state index in [1.54, 1.807) is 48.5 Å². The third-order valence-corrected chi connectivity index (χ3v) is 4.45. The van der Waals surface area contributed by atoms with Crippen molar-refractivity contribution in [1.29, 1.82) is 0 Å². The topological polar surface area (TPSA) is 82.3 Å². The molecule has 1 amide bonds. The molecule has 0 fully saturated rings. The van der Waals surface area contributed by atoms with Crippen LogP contribution in [-0.4, -0.2) is 11.9 Å². The van der Waals surface area contributed by atoms with Crippen LogP contribution in [-0.2, 0) is 9.53 Å². The van der Waals surface area contributed by atoms with Crippen molar-refractivity contribution in [1.82, 2.24) is 0 Å². The quantitative estimate of drug-likeness (QED) is 0.404. The number of aryl methyl sites for hydroxylation is 1. The van der Waals surface area contributed by atoms with E-state index in [1.807, 2.05) is 6.92 Å². The number of carbonyl (C=O) groups excluding carboxylic acids is 2. The molecule has 1 N–H and O–H groups in total. The minimum atomic E-state index is -1.17. The Labute approximate surface area is 166 Å². The van der Waals surface area contributed by atoms with Crippen molar-refractivity contribution in [2.45, 2.75) is 13.0 Å². The number of pyridine rings is 1. The molecule has 2 aromatic carbocycles. The number of halogens is 1. The Morgan fingerprint density at radius 2 is 1.75 bits per heavy atom. The average Bonchev–Trinajstić information content (AvgIpc) is 2.70. The first kappa shape index (κ1) is 19.4. The number of hydrogen-bond acceptors (Lipinski definition) is 4. The van der Waals surface area contributed by atoms with Crippen molar-refractivity contribution in [3.8, 4) is 0 Å². The third-order valence-electron chi connectivity index (χ3n) is 4.04. The molecule has 0 spiro atoms. The first-order chi connectivity index (χ1) is 13.4. The number of rotatable bonds is 5. The second-order valence-corrected chi connectivity index (χ2v) is 6.50. The summed E-state index contributed by atoms with van der Waals surface area (Å²) in [5.74, 6) is -1.24. The third kappa shape index (κ3) is 4.66. The molecule has 142 valence electrons. The van der Waals surface area contributed by atoms with Crippen molar-refractivity contribution in [2.24, 2.45) is 0 Å². The summed E-state index contributed by atoms with van der Waals surface area (Å²) < 4.78 is 6.01. The Bertz CT molecular complexity index is 991. The maximum Gasteiger partial charge on any atom is 0.339 e. The van der Waals surface area contributed by atoms with Gasteiger partial charge in [-0.3, -0.25) is 4.79 Å². The zero-order valence-corrected chi connectivity index (χ0v) is 15.7. The Hall–Kier alpha value is -3.38. The van der Waals surface area contributed by atoms with Crippen LogP contribution in [0.4, 0.5) is 5.69 Å². The summed E-state index contributed by atoms with van der Waals surface area (Å²) in [6.07, 6.45) is 1.19. The molecule has 0 aliphatic heterocycles. The normalized spacial score (nSPS) is 11.5. The summed E-state index contributed by atoms with van der Waals surface area (Å²) in [6.45, 7) is 1.86. The molecular formula is C21H17ClN2O4. The molecule has 0 saturated carbocycles. The molecule has 0 aliphatic rings. The smallest absolute Gasteiger partial charge is 0.339 e. The predicted molar refractivity (Wildman–Crippen MR) is 105 cm³/mol. The van der Waals surface area contributed by atoms with Crippen molar-refractivity contribution in [3.63, 3.8) is 0 Å². The number of amides is 1. The van der Waals surface area contributed by atoms with Gasteiger partial charge in [0.25, 0.3) is 5.91 Å². The standard InChI is InChI=1S/C21H17ClN2O4/c1-14-7-8-17(13-18(14)22)23-20(25)19(15-5-3-2-4-6-15)28-21(26)16-9-11-24(27)12-10-16/h2-13,19H,1H3,(H,23,25)/t19-/m0/s1. The number of carbonyl (C=O) groups is 2. The van der Waals surface area contributed by atoms with Gasteiger partial charge in [0, 0.05) is 28.4 Å². The fourth-order valence-corrected chi connectivity index (χ4v) is 2.68. The summed E-state index contributed by atoms with van der Waals surface area (Å²) >= 11 is 6.11. The highest BCUT2D eigenvalue weighted by Gasteiger charge is 2.26. The minimum absolute atomic E-state index is 0.166. The molecule has 6 nitrogen and oxygen atoms in total. The van der Waals surface area contributed by atoms with E-state index in [-0.39, 0.29) is 5.56 Å². The van der Waals surface area contributed by atoms with Crippen LogP contribution in [0.1, 0.15) is 27.6 Å². The SMILES string of the molecule is Cc1ccc(NC(=O)[C@@H](OC(=O)c2cc[n+]([O-])cc2)c2ccccc2)cc1Cl. The number of hydrogen-bond donors (Lipinski definition) is 1. The van der Waals surface area contributed by atoms with Crippen LogP contribution in [0, 0.1) is 12.1 Å². The number of benzene rings is 2. The number of nitrogens with one attached hydrogen (secondary N) is 1. The molecule has 0 bridgehead atoms. The number of nitrogens with zero attached hydrogens (tertiary/aromatic N) is 1. The van der Waals surface area contributed by atoms with Gasteiger partial charge in [-0.2, -0.15) is 4.73 Å². The monoisotopic (exact) mass is 396 g/mol. The lowest BCUT2D eigenvalue weighted by Gasteiger charge is -2.18. The zero-order chi connectivity index (χ0) is 20.1. The predicted octanol–water partition coefficient (Wildman–Crippen LogP) is 3.82. The summed E-state index contributed by atoms with van der Waals surface area (Å²) in [6, 6.07) is 16.4. The van der Waals surface area contributed by atoms with E-state index in [2.05, 4.69) is 5.32 Å². The summed E-state index contributed by atoms with van der Waals surface area (Å²) in [5, 5.41) is 14.4. The second-order valence-electron chi connectivity index (χ2n) is 6.10. The number of esters is 1. The Balaban J connectivity index is 1.84. The van der Waals surface area contributed by atoms with Crippen LogP contribution >= 0.6 is 11.6 Å². The van der Waals surface area contributed by atoms with Gasteiger partial charge >= 0.3 is 5.97 Å². The molecule has 0 aliphatic carbocycles. The molecule has 3 rings (SSSR count). The molecular weight excluding hydrogens is 380 g/mol. The number of ether oxygens (including phenoxy) is 1. The molecule has 0 unspecified atom stereocenters. The van der Waals surface area contributed by atoms with Gasteiger partial charge in [0.15, 0.2) is 12.4 Å². The van der Waals surface area contributed by atoms with Crippen LogP contribution in [0.25, 0.3) is 0 Å². The maximum atomic E-state index is 12.8. The maximum absolute atomic E-state index is 12.8. The van der Waals surface area contributed by atoms with Crippen LogP contribution < -0.4 is 10.0 Å². The van der Waals surface area contributed by atoms with Crippen LogP contribution in [0.2, 0.25) is 5.02 Å². The fourth-order valence-electron chi connectivity index (χ4n) is 2.50. The van der Waals surface area contributed by atoms with Crippen LogP contribution in [0.5, 0.6) is 0 Å². The molecule has 28 heavy (non-hydrogen) atoms. The average molecular weight is 397 g/mol. The molecule has 1 heterocycles. The van der Waals surface area contributed by atoms with E-state index in [0.717, 1.165) is 5.56 Å². The highest BCUT2D eigenvalue weighted by atomic mass is 35.5. The molecule has 1 aromatic heterocycles. The Morgan fingerprint density at radius 3 is 2.39 bits per heavy atom. The van der Waals surface area contributed by atoms with Crippen LogP contribution in [0.15, 0.2) is 73.1 Å². The van der Waals surface area contributed by atoms with Gasteiger partial charge in [-0.15, -0.1) is 0 Å². The van der Waals surface area contributed by atoms with E-state index in [9.17, 15) is 14.8 Å². The zero-order valence-electron chi connectivity index (χ0n) is 15.0. The summed E-state index contributed by atoms with van der Waals surface area (Å²) in [7, 11) is 0. The molecule has 0 radical (unpaired) electrons. The van der Waals surface area contributed by atoms with E-state index in [1.165, 1.54) is 24.5 Å². The largest absolute Gasteiger partial charge is 0.619 e. The summed E-state index contributed by atoms with van der Waals surface area (Å²) in [5.41, 5.74) is 2.05. The van der Waals surface area contributed by atoms with Crippen molar-refractivity contribution < 1.29 is 19.1 Å². The molecule has 7 heteroatoms. The summed E-state index contributed by atoms with van der Waals surface area (Å²) in [4.78, 5) is 25.3. The van der Waals surface area contributed by atoms with Gasteiger partial charge in [-0.1, -0.05) is 48.0 Å². The minimum Gasteiger partial charge on any atom is -0.619 e. The lowest BCUT2D eigenvalue weighted by atomic mass is 10.1. The van der Waals surface area contributed by atoms with Crippen molar-refractivity contribution in [2.75, 3.05) is 5.32 Å². The van der Waals surface area contributed by atoms with Gasteiger partial charge in [0.05, 0.1) is 5.56 Å². The first-order valence-electron chi connectivity index (χ1n) is 8.46. The van der Waals surface area contributed by atoms with E-state index in [0.29, 0.717) is 21.0 Å². The fraction of sp³-hybridized carbons (Fsp3) is 0.0952. The molecule has 3 aromatic rings. The van der Waals surface area contributed by atoms with Gasteiger partial charge in [-0.25, -0.2) is 4.79 Å². The van der Waals surface area contributed by atoms with Gasteiger partial charge in [-0.05, 0) is 24.6 Å². The van der Waals surface area contributed by atoms with Crippen molar-refractivity contribution in [3.05, 3.63) is 100.0 Å². The Morgan fingerprint density at radius 1 is 1.07 bits per heavy atom. The highest BCUT2D eigenvalue weighted by molar-refractivity contribution is 6.31. The lowest BCUT2D eigenvalue weighted by Crippen LogP contribution is -2.27. The van der Waals surface area contributed by atoms with Gasteiger partial charge in [0.1, 0.15) is 0 Å². The van der Waals surface area contributed by atoms with Crippen molar-refractivity contribution >= 4 is 29.2 Å². The number of anilines is 1. The lowest BCUT2D eigenvalue weighted by molar-refractivity contribution is -0.605. The van der Waals surface area contributed by atoms with Gasteiger partial charge in [0.2, 0.25) is 6.10 Å². The van der Waals surface area contributed by atoms with E-state index in [4.69, 9.17) is 16.3 Å². The van der Waals surface area contributed by atoms with Gasteiger partial charge < -0.3 is 15.3 Å². The second kappa shape index (κ2) is 8.54. The highest BCUT2D eigenvalue weighted by Crippen LogP contribution is 2.24. The molecule has 1 atom stereocenters. The molecule has 0 saturated heterocycles. The Kier molecular flexibility index (Phi) is 5.91. The number of aromatic nitrogens is 1. The first-order valence-corrected chi connectivity index (χ1v) is 8.83.